The van der Waals surface area contributed by atoms with Crippen molar-refractivity contribution in [3.63, 3.8) is 0 Å². The number of rotatable bonds is 0. The maximum absolute atomic E-state index is 11.7. The van der Waals surface area contributed by atoms with E-state index in [1.807, 2.05) is 0 Å². The molecule has 2 nitrogen and oxygen atoms in total. The summed E-state index contributed by atoms with van der Waals surface area (Å²) in [5, 5.41) is 3.12. The van der Waals surface area contributed by atoms with Gasteiger partial charge in [0.25, 0.3) is 0 Å². The van der Waals surface area contributed by atoms with E-state index in [2.05, 4.69) is 26.1 Å². The van der Waals surface area contributed by atoms with Gasteiger partial charge < -0.3 is 5.32 Å². The molecule has 0 spiro atoms. The fraction of sp³-hybridized carbons (Fsp3) is 0.900. The van der Waals surface area contributed by atoms with Crippen LogP contribution in [0.3, 0.4) is 0 Å². The molecule has 68 valence electrons. The number of hydrogen-bond acceptors (Lipinski definition) is 1. The topological polar surface area (TPSA) is 29.1 Å². The normalized spacial score (nSPS) is 44.2. The largest absolute Gasteiger partial charge is 0.350 e. The predicted molar refractivity (Wildman–Crippen MR) is 47.7 cm³/mol. The van der Waals surface area contributed by atoms with Crippen LogP contribution < -0.4 is 5.32 Å². The van der Waals surface area contributed by atoms with Crippen molar-refractivity contribution in [2.24, 2.45) is 11.3 Å². The Morgan fingerprint density at radius 1 is 1.42 bits per heavy atom. The molecule has 2 fully saturated rings. The molecular formula is C10H17NO. The zero-order chi connectivity index (χ0) is 8.98. The number of nitrogens with one attached hydrogen (secondary N) is 1. The molecule has 1 saturated carbocycles. The Bertz CT molecular complexity index is 234. The molecule has 2 aliphatic rings. The zero-order valence-electron chi connectivity index (χ0n) is 8.11. The van der Waals surface area contributed by atoms with E-state index in [1.165, 1.54) is 6.42 Å². The molecule has 1 saturated heterocycles. The molecule has 0 aromatic heterocycles. The number of hydrogen-bond donors (Lipinski definition) is 1. The van der Waals surface area contributed by atoms with Crippen LogP contribution >= 0.6 is 0 Å². The van der Waals surface area contributed by atoms with Crippen molar-refractivity contribution in [2.75, 3.05) is 0 Å². The van der Waals surface area contributed by atoms with Crippen molar-refractivity contribution in [2.45, 2.75) is 45.6 Å². The summed E-state index contributed by atoms with van der Waals surface area (Å²) in [5.41, 5.74) is -0.00667. The Morgan fingerprint density at radius 2 is 2.08 bits per heavy atom. The van der Waals surface area contributed by atoms with E-state index in [-0.39, 0.29) is 16.9 Å². The summed E-state index contributed by atoms with van der Waals surface area (Å²) >= 11 is 0. The summed E-state index contributed by atoms with van der Waals surface area (Å²) in [6.45, 7) is 6.37. The van der Waals surface area contributed by atoms with Gasteiger partial charge in [-0.3, -0.25) is 4.79 Å². The van der Waals surface area contributed by atoms with Crippen LogP contribution in [0.25, 0.3) is 0 Å². The monoisotopic (exact) mass is 167 g/mol. The van der Waals surface area contributed by atoms with Gasteiger partial charge in [-0.15, -0.1) is 0 Å². The van der Waals surface area contributed by atoms with Crippen LogP contribution in [0, 0.1) is 11.3 Å². The summed E-state index contributed by atoms with van der Waals surface area (Å²) < 4.78 is 0. The molecule has 0 aromatic rings. The first-order valence-corrected chi connectivity index (χ1v) is 4.77. The number of fused-ring (bicyclic) bond motifs is 2. The number of amides is 1. The predicted octanol–water partition coefficient (Wildman–Crippen LogP) is 1.70. The highest BCUT2D eigenvalue weighted by Crippen LogP contribution is 2.49. The van der Waals surface area contributed by atoms with Crippen LogP contribution in [0.2, 0.25) is 0 Å². The van der Waals surface area contributed by atoms with Crippen LogP contribution in [0.4, 0.5) is 0 Å². The highest BCUT2D eigenvalue weighted by molar-refractivity contribution is 5.84. The number of carbonyl (C=O) groups excluding carboxylic acids is 1. The second-order valence-electron chi connectivity index (χ2n) is 5.18. The summed E-state index contributed by atoms with van der Waals surface area (Å²) in [7, 11) is 0. The fourth-order valence-electron chi connectivity index (χ4n) is 2.61. The molecule has 1 aliphatic heterocycles. The first-order valence-electron chi connectivity index (χ1n) is 4.77. The number of carbonyl (C=O) groups is 1. The average Bonchev–Trinajstić information content (AvgIpc) is 2.28. The fourth-order valence-corrected chi connectivity index (χ4v) is 2.61. The van der Waals surface area contributed by atoms with Crippen LogP contribution in [-0.4, -0.2) is 11.4 Å². The third-order valence-corrected chi connectivity index (χ3v) is 3.75. The molecule has 12 heavy (non-hydrogen) atoms. The smallest absolute Gasteiger partial charge is 0.226 e. The average molecular weight is 167 g/mol. The van der Waals surface area contributed by atoms with E-state index >= 15 is 0 Å². The van der Waals surface area contributed by atoms with Gasteiger partial charge in [-0.25, -0.2) is 0 Å². The van der Waals surface area contributed by atoms with Crippen LogP contribution in [-0.2, 0) is 4.79 Å². The SMILES string of the molecule is CC12CCC(C1)C(C)(C)NC2=O. The standard InChI is InChI=1S/C10H17NO/c1-9(2)7-4-5-10(3,6-7)8(12)11-9/h7H,4-6H2,1-3H3,(H,11,12). The quantitative estimate of drug-likeness (QED) is 0.584. The van der Waals surface area contributed by atoms with Crippen molar-refractivity contribution in [3.05, 3.63) is 0 Å². The maximum atomic E-state index is 11.7. The summed E-state index contributed by atoms with van der Waals surface area (Å²) in [4.78, 5) is 11.7. The molecule has 2 atom stereocenters. The van der Waals surface area contributed by atoms with E-state index in [9.17, 15) is 4.79 Å². The van der Waals surface area contributed by atoms with Crippen LogP contribution in [0.1, 0.15) is 40.0 Å². The molecule has 2 unspecified atom stereocenters. The van der Waals surface area contributed by atoms with Gasteiger partial charge in [-0.2, -0.15) is 0 Å². The number of piperidine rings is 1. The molecular weight excluding hydrogens is 150 g/mol. The summed E-state index contributed by atoms with van der Waals surface area (Å²) in [6, 6.07) is 0. The molecule has 1 aliphatic carbocycles. The summed E-state index contributed by atoms with van der Waals surface area (Å²) in [5.74, 6) is 0.960. The van der Waals surface area contributed by atoms with Crippen LogP contribution in [0.15, 0.2) is 0 Å². The van der Waals surface area contributed by atoms with Gasteiger partial charge in [0.2, 0.25) is 5.91 Å². The van der Waals surface area contributed by atoms with Gasteiger partial charge in [-0.1, -0.05) is 6.92 Å². The molecule has 1 amide bonds. The zero-order valence-corrected chi connectivity index (χ0v) is 8.11. The molecule has 0 radical (unpaired) electrons. The molecule has 1 heterocycles. The van der Waals surface area contributed by atoms with Gasteiger partial charge in [-0.05, 0) is 39.0 Å². The first-order chi connectivity index (χ1) is 5.44. The second-order valence-corrected chi connectivity index (χ2v) is 5.18. The van der Waals surface area contributed by atoms with E-state index in [4.69, 9.17) is 0 Å². The van der Waals surface area contributed by atoms with Gasteiger partial charge in [0.05, 0.1) is 0 Å². The Kier molecular flexibility index (Phi) is 1.37. The van der Waals surface area contributed by atoms with Crippen molar-refractivity contribution >= 4 is 5.91 Å². The maximum Gasteiger partial charge on any atom is 0.226 e. The van der Waals surface area contributed by atoms with E-state index in [0.717, 1.165) is 12.8 Å². The third-order valence-electron chi connectivity index (χ3n) is 3.75. The lowest BCUT2D eigenvalue weighted by atomic mass is 9.76. The summed E-state index contributed by atoms with van der Waals surface area (Å²) in [6.07, 6.45) is 3.38. The lowest BCUT2D eigenvalue weighted by molar-refractivity contribution is -0.134. The minimum atomic E-state index is -0.0415. The Morgan fingerprint density at radius 3 is 2.75 bits per heavy atom. The van der Waals surface area contributed by atoms with E-state index < -0.39 is 0 Å². The Labute approximate surface area is 73.7 Å². The lowest BCUT2D eigenvalue weighted by Crippen LogP contribution is -2.56. The minimum absolute atomic E-state index is 0.0348. The van der Waals surface area contributed by atoms with Gasteiger partial charge >= 0.3 is 0 Å². The van der Waals surface area contributed by atoms with Crippen molar-refractivity contribution in [1.29, 1.82) is 0 Å². The van der Waals surface area contributed by atoms with Crippen molar-refractivity contribution in [1.82, 2.24) is 5.32 Å². The van der Waals surface area contributed by atoms with E-state index in [0.29, 0.717) is 5.92 Å². The Hall–Kier alpha value is -0.530. The van der Waals surface area contributed by atoms with Gasteiger partial charge in [0.1, 0.15) is 0 Å². The van der Waals surface area contributed by atoms with Crippen molar-refractivity contribution in [3.8, 4) is 0 Å². The van der Waals surface area contributed by atoms with E-state index in [1.54, 1.807) is 0 Å². The molecule has 1 N–H and O–H groups in total. The van der Waals surface area contributed by atoms with Crippen LogP contribution in [0.5, 0.6) is 0 Å². The highest BCUT2D eigenvalue weighted by atomic mass is 16.2. The second kappa shape index (κ2) is 2.04. The van der Waals surface area contributed by atoms with Gasteiger partial charge in [0, 0.05) is 11.0 Å². The third kappa shape index (κ3) is 0.900. The Balaban J connectivity index is 2.31. The van der Waals surface area contributed by atoms with Crippen molar-refractivity contribution < 1.29 is 4.79 Å². The molecule has 2 rings (SSSR count). The first kappa shape index (κ1) is 8.09. The minimum Gasteiger partial charge on any atom is -0.350 e. The molecule has 2 heteroatoms. The highest BCUT2D eigenvalue weighted by Gasteiger charge is 2.51. The lowest BCUT2D eigenvalue weighted by Gasteiger charge is -2.40. The molecule has 0 aromatic carbocycles. The molecule has 2 bridgehead atoms. The van der Waals surface area contributed by atoms with Gasteiger partial charge in [0.15, 0.2) is 0 Å².